The van der Waals surface area contributed by atoms with Crippen LogP contribution in [-0.2, 0) is 4.79 Å². The lowest BCUT2D eigenvalue weighted by molar-refractivity contribution is -0.111. The Labute approximate surface area is 127 Å². The summed E-state index contributed by atoms with van der Waals surface area (Å²) in [6, 6.07) is 8.79. The Hall–Kier alpha value is -1.84. The number of aryl methyl sites for hydroxylation is 1. The van der Waals surface area contributed by atoms with Crippen LogP contribution >= 0.6 is 23.2 Å². The van der Waals surface area contributed by atoms with Crippen molar-refractivity contribution in [3.05, 3.63) is 63.8 Å². The molecule has 3 nitrogen and oxygen atoms in total. The summed E-state index contributed by atoms with van der Waals surface area (Å²) in [6.45, 7) is 1.93. The van der Waals surface area contributed by atoms with Crippen LogP contribution in [-0.4, -0.2) is 10.9 Å². The van der Waals surface area contributed by atoms with Crippen molar-refractivity contribution in [3.8, 4) is 0 Å². The zero-order chi connectivity index (χ0) is 14.5. The highest BCUT2D eigenvalue weighted by molar-refractivity contribution is 6.37. The Kier molecular flexibility index (Phi) is 4.77. The van der Waals surface area contributed by atoms with E-state index in [1.165, 1.54) is 6.08 Å². The standard InChI is InChI=1S/C15H12Cl2N2O/c1-10-5-7-14(18-9-10)19-15(20)8-6-11-12(16)3-2-4-13(11)17/h2-9H,1H3,(H,18,19,20). The molecule has 0 radical (unpaired) electrons. The van der Waals surface area contributed by atoms with Gasteiger partial charge in [-0.15, -0.1) is 0 Å². The van der Waals surface area contributed by atoms with Gasteiger partial charge in [-0.2, -0.15) is 0 Å². The Balaban J connectivity index is 2.08. The maximum atomic E-state index is 11.8. The van der Waals surface area contributed by atoms with Gasteiger partial charge in [0.25, 0.3) is 0 Å². The maximum Gasteiger partial charge on any atom is 0.249 e. The summed E-state index contributed by atoms with van der Waals surface area (Å²) >= 11 is 12.0. The normalized spacial score (nSPS) is 10.8. The minimum atomic E-state index is -0.294. The van der Waals surface area contributed by atoms with E-state index in [1.54, 1.807) is 36.5 Å². The predicted octanol–water partition coefficient (Wildman–Crippen LogP) is 4.35. The SMILES string of the molecule is Cc1ccc(NC(=O)C=Cc2c(Cl)cccc2Cl)nc1. The quantitative estimate of drug-likeness (QED) is 0.857. The Morgan fingerprint density at radius 1 is 1.20 bits per heavy atom. The first-order valence-electron chi connectivity index (χ1n) is 5.92. The molecule has 20 heavy (non-hydrogen) atoms. The van der Waals surface area contributed by atoms with E-state index in [4.69, 9.17) is 23.2 Å². The molecule has 2 rings (SSSR count). The molecule has 102 valence electrons. The Bertz CT molecular complexity index is 631. The highest BCUT2D eigenvalue weighted by atomic mass is 35.5. The Morgan fingerprint density at radius 2 is 1.90 bits per heavy atom. The summed E-state index contributed by atoms with van der Waals surface area (Å²) in [4.78, 5) is 15.9. The molecule has 0 unspecified atom stereocenters. The second kappa shape index (κ2) is 6.55. The van der Waals surface area contributed by atoms with E-state index in [0.717, 1.165) is 5.56 Å². The zero-order valence-corrected chi connectivity index (χ0v) is 12.2. The van der Waals surface area contributed by atoms with E-state index in [2.05, 4.69) is 10.3 Å². The molecule has 0 aliphatic heterocycles. The molecule has 1 aromatic heterocycles. The number of halogens is 2. The molecule has 0 saturated heterocycles. The van der Waals surface area contributed by atoms with Gasteiger partial charge >= 0.3 is 0 Å². The molecule has 1 aromatic carbocycles. The molecule has 0 aliphatic carbocycles. The van der Waals surface area contributed by atoms with Crippen molar-refractivity contribution in [2.45, 2.75) is 6.92 Å². The van der Waals surface area contributed by atoms with Gasteiger partial charge in [0.1, 0.15) is 5.82 Å². The van der Waals surface area contributed by atoms with Crippen LogP contribution < -0.4 is 5.32 Å². The summed E-state index contributed by atoms with van der Waals surface area (Å²) in [5, 5.41) is 3.65. The second-order valence-electron chi connectivity index (χ2n) is 4.18. The van der Waals surface area contributed by atoms with Crippen LogP contribution in [0.15, 0.2) is 42.6 Å². The van der Waals surface area contributed by atoms with Gasteiger partial charge in [0.2, 0.25) is 5.91 Å². The van der Waals surface area contributed by atoms with Gasteiger partial charge < -0.3 is 5.32 Å². The van der Waals surface area contributed by atoms with E-state index >= 15 is 0 Å². The molecule has 0 fully saturated rings. The van der Waals surface area contributed by atoms with Crippen LogP contribution in [0.2, 0.25) is 10.0 Å². The molecule has 0 bridgehead atoms. The molecular formula is C15H12Cl2N2O. The van der Waals surface area contributed by atoms with Crippen molar-refractivity contribution in [1.29, 1.82) is 0 Å². The average Bonchev–Trinajstić information content (AvgIpc) is 2.41. The molecule has 5 heteroatoms. The van der Waals surface area contributed by atoms with Crippen molar-refractivity contribution in [3.63, 3.8) is 0 Å². The minimum Gasteiger partial charge on any atom is -0.307 e. The predicted molar refractivity (Wildman–Crippen MR) is 83.1 cm³/mol. The Morgan fingerprint density at radius 3 is 2.50 bits per heavy atom. The number of carbonyl (C=O) groups is 1. The highest BCUT2D eigenvalue weighted by Gasteiger charge is 2.03. The zero-order valence-electron chi connectivity index (χ0n) is 10.7. The fourth-order valence-electron chi connectivity index (χ4n) is 1.54. The molecule has 2 aromatic rings. The fraction of sp³-hybridized carbons (Fsp3) is 0.0667. The fourth-order valence-corrected chi connectivity index (χ4v) is 2.06. The first-order valence-corrected chi connectivity index (χ1v) is 6.67. The molecule has 1 N–H and O–H groups in total. The molecule has 0 atom stereocenters. The van der Waals surface area contributed by atoms with Gasteiger partial charge in [-0.25, -0.2) is 4.98 Å². The van der Waals surface area contributed by atoms with Gasteiger partial charge in [0.05, 0.1) is 0 Å². The van der Waals surface area contributed by atoms with Crippen LogP contribution in [0.4, 0.5) is 5.82 Å². The highest BCUT2D eigenvalue weighted by Crippen LogP contribution is 2.25. The van der Waals surface area contributed by atoms with Crippen molar-refractivity contribution < 1.29 is 4.79 Å². The third-order valence-corrected chi connectivity index (χ3v) is 3.22. The number of nitrogens with zero attached hydrogens (tertiary/aromatic N) is 1. The third-order valence-electron chi connectivity index (χ3n) is 2.56. The number of anilines is 1. The van der Waals surface area contributed by atoms with E-state index < -0.39 is 0 Å². The lowest BCUT2D eigenvalue weighted by Crippen LogP contribution is -2.09. The van der Waals surface area contributed by atoms with Crippen LogP contribution in [0.1, 0.15) is 11.1 Å². The topological polar surface area (TPSA) is 42.0 Å². The van der Waals surface area contributed by atoms with E-state index in [1.807, 2.05) is 13.0 Å². The van der Waals surface area contributed by atoms with Crippen LogP contribution in [0.25, 0.3) is 6.08 Å². The number of benzene rings is 1. The third kappa shape index (κ3) is 3.83. The van der Waals surface area contributed by atoms with Crippen LogP contribution in [0, 0.1) is 6.92 Å². The minimum absolute atomic E-state index is 0.294. The number of carbonyl (C=O) groups excluding carboxylic acids is 1. The van der Waals surface area contributed by atoms with Gasteiger partial charge in [-0.1, -0.05) is 35.3 Å². The molecule has 1 amide bonds. The second-order valence-corrected chi connectivity index (χ2v) is 4.99. The number of hydrogen-bond acceptors (Lipinski definition) is 2. The summed E-state index contributed by atoms with van der Waals surface area (Å²) in [7, 11) is 0. The summed E-state index contributed by atoms with van der Waals surface area (Å²) < 4.78 is 0. The largest absolute Gasteiger partial charge is 0.307 e. The maximum absolute atomic E-state index is 11.8. The number of aromatic nitrogens is 1. The lowest BCUT2D eigenvalue weighted by Gasteiger charge is -2.02. The van der Waals surface area contributed by atoms with E-state index in [-0.39, 0.29) is 5.91 Å². The number of pyridine rings is 1. The molecule has 0 aliphatic rings. The van der Waals surface area contributed by atoms with Crippen LogP contribution in [0.5, 0.6) is 0 Å². The van der Waals surface area contributed by atoms with Gasteiger partial charge in [-0.05, 0) is 36.8 Å². The van der Waals surface area contributed by atoms with Crippen molar-refractivity contribution in [2.75, 3.05) is 5.32 Å². The number of rotatable bonds is 3. The van der Waals surface area contributed by atoms with Gasteiger partial charge in [0, 0.05) is 27.9 Å². The molecule has 0 saturated carbocycles. The monoisotopic (exact) mass is 306 g/mol. The summed E-state index contributed by atoms with van der Waals surface area (Å²) in [5.41, 5.74) is 1.64. The van der Waals surface area contributed by atoms with Crippen molar-refractivity contribution >= 4 is 41.0 Å². The lowest BCUT2D eigenvalue weighted by atomic mass is 10.2. The van der Waals surface area contributed by atoms with Crippen molar-refractivity contribution in [2.24, 2.45) is 0 Å². The molecule has 0 spiro atoms. The first kappa shape index (κ1) is 14.6. The number of nitrogens with one attached hydrogen (secondary N) is 1. The molecule has 1 heterocycles. The van der Waals surface area contributed by atoms with Crippen molar-refractivity contribution in [1.82, 2.24) is 4.98 Å². The number of hydrogen-bond donors (Lipinski definition) is 1. The number of amides is 1. The summed E-state index contributed by atoms with van der Waals surface area (Å²) in [5.74, 6) is 0.202. The van der Waals surface area contributed by atoms with Crippen LogP contribution in [0.3, 0.4) is 0 Å². The van der Waals surface area contributed by atoms with E-state index in [0.29, 0.717) is 21.4 Å². The van der Waals surface area contributed by atoms with Gasteiger partial charge in [0.15, 0.2) is 0 Å². The molecular weight excluding hydrogens is 295 g/mol. The first-order chi connectivity index (χ1) is 9.56. The smallest absolute Gasteiger partial charge is 0.249 e. The summed E-state index contributed by atoms with van der Waals surface area (Å²) in [6.07, 6.45) is 4.63. The van der Waals surface area contributed by atoms with E-state index in [9.17, 15) is 4.79 Å². The average molecular weight is 307 g/mol. The van der Waals surface area contributed by atoms with Gasteiger partial charge in [-0.3, -0.25) is 4.79 Å².